The molecule has 0 radical (unpaired) electrons. The average molecular weight is 296 g/mol. The van der Waals surface area contributed by atoms with Gasteiger partial charge in [-0.15, -0.1) is 0 Å². The molecule has 21 heavy (non-hydrogen) atoms. The highest BCUT2D eigenvalue weighted by Crippen LogP contribution is 2.13. The highest BCUT2D eigenvalue weighted by atomic mass is 16.3. The third-order valence-corrected chi connectivity index (χ3v) is 3.72. The van der Waals surface area contributed by atoms with Gasteiger partial charge in [0.15, 0.2) is 0 Å². The molecule has 1 unspecified atom stereocenters. The van der Waals surface area contributed by atoms with Crippen molar-refractivity contribution in [3.05, 3.63) is 17.0 Å². The van der Waals surface area contributed by atoms with Crippen molar-refractivity contribution >= 4 is 6.03 Å². The number of aromatic nitrogens is 2. The Kier molecular flexibility index (Phi) is 7.22. The Labute approximate surface area is 126 Å². The normalized spacial score (nSPS) is 12.2. The van der Waals surface area contributed by atoms with Gasteiger partial charge < -0.3 is 15.7 Å². The summed E-state index contributed by atoms with van der Waals surface area (Å²) >= 11 is 0. The van der Waals surface area contributed by atoms with E-state index in [1.54, 1.807) is 0 Å². The second kappa shape index (κ2) is 8.67. The van der Waals surface area contributed by atoms with Crippen LogP contribution in [0.2, 0.25) is 0 Å². The van der Waals surface area contributed by atoms with Gasteiger partial charge in [-0.25, -0.2) is 4.79 Å². The summed E-state index contributed by atoms with van der Waals surface area (Å²) in [6.45, 7) is 6.84. The Bertz CT molecular complexity index is 457. The second-order valence-corrected chi connectivity index (χ2v) is 5.54. The molecule has 0 aliphatic heterocycles. The van der Waals surface area contributed by atoms with Crippen molar-refractivity contribution in [2.24, 2.45) is 7.05 Å². The molecule has 0 aliphatic carbocycles. The Hall–Kier alpha value is -1.56. The van der Waals surface area contributed by atoms with E-state index in [4.69, 9.17) is 5.11 Å². The van der Waals surface area contributed by atoms with Gasteiger partial charge in [-0.05, 0) is 52.0 Å². The number of aliphatic hydroxyl groups excluding tert-OH is 1. The molecule has 0 fully saturated rings. The maximum absolute atomic E-state index is 11.7. The summed E-state index contributed by atoms with van der Waals surface area (Å²) in [7, 11) is 1.95. The zero-order valence-corrected chi connectivity index (χ0v) is 13.6. The summed E-state index contributed by atoms with van der Waals surface area (Å²) in [6, 6.07) is -0.0555. The number of aliphatic hydroxyl groups is 1. The molecule has 120 valence electrons. The van der Waals surface area contributed by atoms with Crippen LogP contribution in [0.5, 0.6) is 0 Å². The van der Waals surface area contributed by atoms with E-state index in [0.29, 0.717) is 13.0 Å². The quantitative estimate of drug-likeness (QED) is 0.635. The number of rotatable bonds is 8. The molecule has 0 bridgehead atoms. The molecule has 0 aromatic carbocycles. The predicted molar refractivity (Wildman–Crippen MR) is 83.3 cm³/mol. The molecule has 0 saturated heterocycles. The number of carbonyl (C=O) groups excluding carboxylic acids is 1. The summed E-state index contributed by atoms with van der Waals surface area (Å²) in [5.41, 5.74) is 3.53. The first-order chi connectivity index (χ1) is 9.95. The first kappa shape index (κ1) is 17.5. The molecule has 1 aromatic heterocycles. The van der Waals surface area contributed by atoms with Crippen molar-refractivity contribution in [1.29, 1.82) is 0 Å². The number of urea groups is 1. The van der Waals surface area contributed by atoms with Crippen LogP contribution in [0, 0.1) is 13.8 Å². The summed E-state index contributed by atoms with van der Waals surface area (Å²) in [5.74, 6) is 0. The van der Waals surface area contributed by atoms with Crippen LogP contribution < -0.4 is 10.6 Å². The summed E-state index contributed by atoms with van der Waals surface area (Å²) in [4.78, 5) is 11.7. The van der Waals surface area contributed by atoms with Crippen molar-refractivity contribution in [1.82, 2.24) is 20.4 Å². The van der Waals surface area contributed by atoms with E-state index in [1.807, 2.05) is 25.6 Å². The van der Waals surface area contributed by atoms with Gasteiger partial charge in [0.05, 0.1) is 5.69 Å². The lowest BCUT2D eigenvalue weighted by atomic mass is 10.1. The minimum Gasteiger partial charge on any atom is -0.396 e. The Balaban J connectivity index is 2.23. The van der Waals surface area contributed by atoms with Gasteiger partial charge in [0.25, 0.3) is 0 Å². The van der Waals surface area contributed by atoms with E-state index in [1.165, 1.54) is 11.3 Å². The van der Waals surface area contributed by atoms with Gasteiger partial charge >= 0.3 is 6.03 Å². The zero-order valence-electron chi connectivity index (χ0n) is 13.6. The largest absolute Gasteiger partial charge is 0.396 e. The highest BCUT2D eigenvalue weighted by Gasteiger charge is 2.09. The maximum Gasteiger partial charge on any atom is 0.314 e. The summed E-state index contributed by atoms with van der Waals surface area (Å²) in [6.07, 6.45) is 3.32. The highest BCUT2D eigenvalue weighted by molar-refractivity contribution is 5.74. The van der Waals surface area contributed by atoms with Gasteiger partial charge in [0.1, 0.15) is 0 Å². The minimum atomic E-state index is -0.139. The monoisotopic (exact) mass is 296 g/mol. The Morgan fingerprint density at radius 3 is 2.67 bits per heavy atom. The zero-order chi connectivity index (χ0) is 15.8. The van der Waals surface area contributed by atoms with Crippen LogP contribution in [0.15, 0.2) is 0 Å². The first-order valence-electron chi connectivity index (χ1n) is 7.60. The fourth-order valence-corrected chi connectivity index (χ4v) is 2.39. The number of amides is 2. The van der Waals surface area contributed by atoms with E-state index in [2.05, 4.69) is 22.7 Å². The standard InChI is InChI=1S/C15H28N4O2/c1-11(7-6-10-20)17-15(21)16-9-5-8-14-12(2)18-19(4)13(14)3/h11,20H,5-10H2,1-4H3,(H2,16,17,21). The molecule has 1 atom stereocenters. The smallest absolute Gasteiger partial charge is 0.314 e. The fraction of sp³-hybridized carbons (Fsp3) is 0.733. The molecular formula is C15H28N4O2. The third-order valence-electron chi connectivity index (χ3n) is 3.72. The van der Waals surface area contributed by atoms with Crippen LogP contribution in [-0.4, -0.2) is 40.1 Å². The second-order valence-electron chi connectivity index (χ2n) is 5.54. The van der Waals surface area contributed by atoms with Gasteiger partial charge in [-0.2, -0.15) is 5.10 Å². The van der Waals surface area contributed by atoms with Gasteiger partial charge in [0.2, 0.25) is 0 Å². The molecule has 0 aliphatic rings. The molecule has 0 spiro atoms. The van der Waals surface area contributed by atoms with Crippen molar-refractivity contribution in [2.45, 2.75) is 52.5 Å². The van der Waals surface area contributed by atoms with E-state index in [-0.39, 0.29) is 18.7 Å². The third kappa shape index (κ3) is 5.75. The summed E-state index contributed by atoms with van der Waals surface area (Å²) < 4.78 is 1.90. The van der Waals surface area contributed by atoms with E-state index in [9.17, 15) is 4.79 Å². The molecule has 6 nitrogen and oxygen atoms in total. The molecule has 6 heteroatoms. The summed E-state index contributed by atoms with van der Waals surface area (Å²) in [5, 5.41) is 18.9. The number of nitrogens with zero attached hydrogens (tertiary/aromatic N) is 2. The number of hydrogen-bond donors (Lipinski definition) is 3. The van der Waals surface area contributed by atoms with Crippen LogP contribution in [0.1, 0.15) is 43.1 Å². The van der Waals surface area contributed by atoms with Crippen LogP contribution in [-0.2, 0) is 13.5 Å². The molecule has 0 saturated carbocycles. The van der Waals surface area contributed by atoms with Crippen LogP contribution in [0.25, 0.3) is 0 Å². The van der Waals surface area contributed by atoms with Crippen LogP contribution in [0.4, 0.5) is 4.79 Å². The van der Waals surface area contributed by atoms with Gasteiger partial charge in [-0.3, -0.25) is 4.68 Å². The number of hydrogen-bond acceptors (Lipinski definition) is 3. The number of nitrogens with one attached hydrogen (secondary N) is 2. The molecule has 2 amide bonds. The van der Waals surface area contributed by atoms with E-state index < -0.39 is 0 Å². The van der Waals surface area contributed by atoms with Crippen molar-refractivity contribution in [3.63, 3.8) is 0 Å². The van der Waals surface area contributed by atoms with Crippen molar-refractivity contribution < 1.29 is 9.90 Å². The Morgan fingerprint density at radius 1 is 1.38 bits per heavy atom. The van der Waals surface area contributed by atoms with E-state index in [0.717, 1.165) is 25.0 Å². The lowest BCUT2D eigenvalue weighted by molar-refractivity contribution is 0.234. The number of carbonyl (C=O) groups is 1. The first-order valence-corrected chi connectivity index (χ1v) is 7.60. The van der Waals surface area contributed by atoms with E-state index >= 15 is 0 Å². The predicted octanol–water partition coefficient (Wildman–Crippen LogP) is 1.43. The van der Waals surface area contributed by atoms with Gasteiger partial charge in [0, 0.05) is 31.9 Å². The SMILES string of the molecule is Cc1nn(C)c(C)c1CCCNC(=O)NC(C)CCCO. The van der Waals surface area contributed by atoms with Crippen molar-refractivity contribution in [3.8, 4) is 0 Å². The molecule has 3 N–H and O–H groups in total. The molecule has 1 heterocycles. The molecule has 1 rings (SSSR count). The number of aryl methyl sites for hydroxylation is 2. The van der Waals surface area contributed by atoms with Crippen LogP contribution in [0.3, 0.4) is 0 Å². The topological polar surface area (TPSA) is 79.2 Å². The average Bonchev–Trinajstić information content (AvgIpc) is 2.67. The lowest BCUT2D eigenvalue weighted by Gasteiger charge is -2.14. The lowest BCUT2D eigenvalue weighted by Crippen LogP contribution is -2.41. The van der Waals surface area contributed by atoms with Crippen molar-refractivity contribution in [2.75, 3.05) is 13.2 Å². The Morgan fingerprint density at radius 2 is 2.10 bits per heavy atom. The van der Waals surface area contributed by atoms with Gasteiger partial charge in [-0.1, -0.05) is 0 Å². The molecule has 1 aromatic rings. The maximum atomic E-state index is 11.7. The fourth-order valence-electron chi connectivity index (χ4n) is 2.39. The molecular weight excluding hydrogens is 268 g/mol. The minimum absolute atomic E-state index is 0.0833. The van der Waals surface area contributed by atoms with Crippen LogP contribution >= 0.6 is 0 Å².